The molecule has 2 aromatic carbocycles. The number of nitrogens with zero attached hydrogens (tertiary/aromatic N) is 2. The summed E-state index contributed by atoms with van der Waals surface area (Å²) in [6.45, 7) is 14.8. The number of unbranched alkanes of at least 4 members (excludes halogenated alkanes) is 1. The number of benzene rings is 3. The van der Waals surface area contributed by atoms with Crippen LogP contribution in [0.5, 0.6) is 0 Å². The Bertz CT molecular complexity index is 1410. The lowest BCUT2D eigenvalue weighted by molar-refractivity contribution is 0.0500. The van der Waals surface area contributed by atoms with E-state index in [1.165, 1.54) is 0 Å². The normalized spacial score (nSPS) is 11.2. The Labute approximate surface area is 220 Å². The van der Waals surface area contributed by atoms with Crippen molar-refractivity contribution in [1.29, 1.82) is 0 Å². The number of carbonyl (C=O) groups is 1. The van der Waals surface area contributed by atoms with Gasteiger partial charge in [-0.05, 0) is 63.9 Å². The number of carbonyl (C=O) groups excluding carboxylic acids is 1. The maximum Gasteiger partial charge on any atom is 0.338 e. The van der Waals surface area contributed by atoms with E-state index in [1.807, 2.05) is 24.3 Å². The summed E-state index contributed by atoms with van der Waals surface area (Å²) in [6.07, 6.45) is 1.83. The number of fused-ring (bicyclic) bond motifs is 2. The van der Waals surface area contributed by atoms with Crippen LogP contribution in [0.3, 0.4) is 0 Å². The van der Waals surface area contributed by atoms with Crippen LogP contribution >= 0.6 is 0 Å². The van der Waals surface area contributed by atoms with E-state index in [1.54, 1.807) is 0 Å². The minimum absolute atomic E-state index is 0.286. The van der Waals surface area contributed by atoms with Gasteiger partial charge in [0, 0.05) is 47.4 Å². The maximum atomic E-state index is 13.2. The van der Waals surface area contributed by atoms with Gasteiger partial charge in [0.25, 0.3) is 0 Å². The summed E-state index contributed by atoms with van der Waals surface area (Å²) in [5.41, 5.74) is 5.34. The van der Waals surface area contributed by atoms with Crippen LogP contribution in [0, 0.1) is 0 Å². The zero-order valence-corrected chi connectivity index (χ0v) is 22.8. The predicted molar refractivity (Wildman–Crippen MR) is 153 cm³/mol. The number of anilines is 1. The van der Waals surface area contributed by atoms with E-state index in [0.29, 0.717) is 12.2 Å². The van der Waals surface area contributed by atoms with E-state index >= 15 is 0 Å². The van der Waals surface area contributed by atoms with Gasteiger partial charge in [0.15, 0.2) is 0 Å². The Balaban J connectivity index is 2.03. The number of ether oxygens (including phenoxy) is 1. The van der Waals surface area contributed by atoms with Crippen molar-refractivity contribution in [2.24, 2.45) is 0 Å². The van der Waals surface area contributed by atoms with Crippen LogP contribution in [0.2, 0.25) is 0 Å². The molecule has 0 N–H and O–H groups in total. The molecule has 0 saturated carbocycles. The third-order valence-electron chi connectivity index (χ3n) is 7.09. The molecule has 1 heterocycles. The Hall–Kier alpha value is -3.60. The Kier molecular flexibility index (Phi) is 8.65. The Morgan fingerprint density at radius 3 is 2.35 bits per heavy atom. The highest BCUT2D eigenvalue weighted by molar-refractivity contribution is 6.08. The second-order valence-electron chi connectivity index (χ2n) is 9.22. The van der Waals surface area contributed by atoms with Gasteiger partial charge in [0.05, 0.1) is 18.2 Å². The van der Waals surface area contributed by atoms with Crippen LogP contribution in [-0.4, -0.2) is 38.8 Å². The van der Waals surface area contributed by atoms with Crippen molar-refractivity contribution >= 4 is 22.6 Å². The van der Waals surface area contributed by atoms with Crippen molar-refractivity contribution in [3.05, 3.63) is 71.6 Å². The van der Waals surface area contributed by atoms with E-state index in [-0.39, 0.29) is 5.97 Å². The topological polar surface area (TPSA) is 45.7 Å². The van der Waals surface area contributed by atoms with Gasteiger partial charge in [-0.1, -0.05) is 31.5 Å². The van der Waals surface area contributed by atoms with Crippen LogP contribution in [0.1, 0.15) is 57.8 Å². The van der Waals surface area contributed by atoms with E-state index < -0.39 is 0 Å². The van der Waals surface area contributed by atoms with Crippen molar-refractivity contribution < 1.29 is 13.9 Å². The lowest BCUT2D eigenvalue weighted by Crippen LogP contribution is -2.29. The zero-order chi connectivity index (χ0) is 26.4. The summed E-state index contributed by atoms with van der Waals surface area (Å²) in [5, 5.41) is 2.10. The molecule has 37 heavy (non-hydrogen) atoms. The summed E-state index contributed by atoms with van der Waals surface area (Å²) in [4.78, 5) is 15.5. The maximum absolute atomic E-state index is 13.2. The van der Waals surface area contributed by atoms with Crippen LogP contribution < -0.4 is 14.8 Å². The first-order chi connectivity index (χ1) is 18.1. The monoisotopic (exact) mass is 499 g/mol. The molecule has 0 aromatic heterocycles. The molecule has 0 unspecified atom stereocenters. The third kappa shape index (κ3) is 5.41. The third-order valence-corrected chi connectivity index (χ3v) is 7.09. The summed E-state index contributed by atoms with van der Waals surface area (Å²) in [5.74, 6) is 0.517. The van der Waals surface area contributed by atoms with E-state index in [9.17, 15) is 4.79 Å². The molecule has 0 amide bonds. The smallest absolute Gasteiger partial charge is 0.338 e. The first kappa shape index (κ1) is 26.5. The zero-order valence-electron chi connectivity index (χ0n) is 22.8. The lowest BCUT2D eigenvalue weighted by Gasteiger charge is -2.22. The van der Waals surface area contributed by atoms with E-state index in [2.05, 4.69) is 80.5 Å². The van der Waals surface area contributed by atoms with Gasteiger partial charge in [0.2, 0.25) is 5.36 Å². The van der Waals surface area contributed by atoms with Gasteiger partial charge < -0.3 is 14.1 Å². The van der Waals surface area contributed by atoms with Gasteiger partial charge in [0.1, 0.15) is 24.4 Å². The standard InChI is InChI=1S/C32H39N2O3/c1-6-11-20-36-32(35)26-15-13-12-14-25(26)31-27-18-16-23(33(7-2)8-3)21-29(27)37-30-22-24(17-19-28(30)31)34(9-4)10-5/h12-19,21-22H,6-11,20H2,1-5H3/q+1. The molecule has 5 nitrogen and oxygen atoms in total. The Morgan fingerprint density at radius 2 is 1.65 bits per heavy atom. The van der Waals surface area contributed by atoms with Crippen LogP contribution in [0.15, 0.2) is 65.1 Å². The van der Waals surface area contributed by atoms with Gasteiger partial charge in [-0.15, -0.1) is 0 Å². The van der Waals surface area contributed by atoms with Crippen LogP contribution in [0.4, 0.5) is 5.69 Å². The lowest BCUT2D eigenvalue weighted by atomic mass is 9.90. The fraction of sp³-hybridized carbons (Fsp3) is 0.375. The van der Waals surface area contributed by atoms with Gasteiger partial charge in [-0.25, -0.2) is 9.37 Å². The average molecular weight is 500 g/mol. The van der Waals surface area contributed by atoms with Crippen molar-refractivity contribution in [2.45, 2.75) is 47.5 Å². The molecular weight excluding hydrogens is 460 g/mol. The molecule has 1 aliphatic carbocycles. The molecule has 0 fully saturated rings. The van der Waals surface area contributed by atoms with Crippen LogP contribution in [-0.2, 0) is 4.74 Å². The van der Waals surface area contributed by atoms with E-state index in [0.717, 1.165) is 83.5 Å². The number of hydrogen-bond acceptors (Lipinski definition) is 4. The highest BCUT2D eigenvalue weighted by Crippen LogP contribution is 2.42. The molecule has 0 radical (unpaired) electrons. The summed E-state index contributed by atoms with van der Waals surface area (Å²) in [6, 6.07) is 20.5. The second-order valence-corrected chi connectivity index (χ2v) is 9.22. The Morgan fingerprint density at radius 1 is 0.892 bits per heavy atom. The SMILES string of the molecule is CCCCOC(=O)c1ccccc1-c1c2ccc(=[N+](CC)CC)cc-2oc2cc(N(CC)CC)ccc12. The quantitative estimate of drug-likeness (QED) is 0.104. The molecule has 0 saturated heterocycles. The van der Waals surface area contributed by atoms with Crippen molar-refractivity contribution in [3.63, 3.8) is 0 Å². The second kappa shape index (κ2) is 12.1. The summed E-state index contributed by atoms with van der Waals surface area (Å²) >= 11 is 0. The summed E-state index contributed by atoms with van der Waals surface area (Å²) in [7, 11) is 0. The molecule has 5 heteroatoms. The van der Waals surface area contributed by atoms with Crippen LogP contribution in [0.25, 0.3) is 33.4 Å². The minimum atomic E-state index is -0.286. The largest absolute Gasteiger partial charge is 0.462 e. The molecule has 2 aromatic rings. The minimum Gasteiger partial charge on any atom is -0.462 e. The van der Waals surface area contributed by atoms with Gasteiger partial charge in [-0.2, -0.15) is 0 Å². The molecule has 1 aliphatic heterocycles. The fourth-order valence-electron chi connectivity index (χ4n) is 4.99. The number of hydrogen-bond donors (Lipinski definition) is 0. The molecule has 0 spiro atoms. The molecular formula is C32H39N2O3+. The number of esters is 1. The first-order valence-corrected chi connectivity index (χ1v) is 13.7. The number of rotatable bonds is 10. The molecule has 0 atom stereocenters. The van der Waals surface area contributed by atoms with Gasteiger partial charge in [-0.3, -0.25) is 0 Å². The van der Waals surface area contributed by atoms with E-state index in [4.69, 9.17) is 9.15 Å². The van der Waals surface area contributed by atoms with Crippen molar-refractivity contribution in [1.82, 2.24) is 4.58 Å². The average Bonchev–Trinajstić information content (AvgIpc) is 2.93. The predicted octanol–water partition coefficient (Wildman–Crippen LogP) is 6.82. The van der Waals surface area contributed by atoms with Crippen molar-refractivity contribution in [2.75, 3.05) is 37.7 Å². The molecule has 2 aliphatic rings. The first-order valence-electron chi connectivity index (χ1n) is 13.7. The molecule has 4 rings (SSSR count). The fourth-order valence-corrected chi connectivity index (χ4v) is 4.99. The highest BCUT2D eigenvalue weighted by atomic mass is 16.5. The summed E-state index contributed by atoms with van der Waals surface area (Å²) < 4.78 is 14.5. The molecule has 0 bridgehead atoms. The van der Waals surface area contributed by atoms with Crippen molar-refractivity contribution in [3.8, 4) is 22.5 Å². The van der Waals surface area contributed by atoms with Gasteiger partial charge >= 0.3 is 5.97 Å². The highest BCUT2D eigenvalue weighted by Gasteiger charge is 2.23. The molecule has 194 valence electrons.